The molecule has 1 amide bonds. The highest BCUT2D eigenvalue weighted by atomic mass is 19.1. The molecule has 0 saturated carbocycles. The molecule has 2 aromatic carbocycles. The zero-order chi connectivity index (χ0) is 15.4. The summed E-state index contributed by atoms with van der Waals surface area (Å²) in [4.78, 5) is 10.9. The summed E-state index contributed by atoms with van der Waals surface area (Å²) in [6, 6.07) is 8.81. The smallest absolute Gasteiger partial charge is 0.216 e. The Morgan fingerprint density at radius 2 is 1.90 bits per heavy atom. The van der Waals surface area contributed by atoms with Crippen LogP contribution in [-0.4, -0.2) is 22.7 Å². The van der Waals surface area contributed by atoms with Gasteiger partial charge in [-0.25, -0.2) is 4.39 Å². The van der Waals surface area contributed by atoms with Crippen LogP contribution in [0.2, 0.25) is 0 Å². The maximum atomic E-state index is 13.4. The first-order chi connectivity index (χ1) is 9.97. The van der Waals surface area contributed by atoms with Crippen molar-refractivity contribution in [3.8, 4) is 22.6 Å². The van der Waals surface area contributed by atoms with Crippen LogP contribution in [0.3, 0.4) is 0 Å². The summed E-state index contributed by atoms with van der Waals surface area (Å²) < 4.78 is 13.4. The lowest BCUT2D eigenvalue weighted by molar-refractivity contribution is -0.118. The fraction of sp³-hybridized carbons (Fsp3) is 0.188. The monoisotopic (exact) mass is 289 g/mol. The molecule has 0 bridgehead atoms. The zero-order valence-corrected chi connectivity index (χ0v) is 11.6. The molecule has 0 unspecified atom stereocenters. The summed E-state index contributed by atoms with van der Waals surface area (Å²) in [7, 11) is 0. The first-order valence-corrected chi connectivity index (χ1v) is 6.52. The van der Waals surface area contributed by atoms with Gasteiger partial charge < -0.3 is 15.5 Å². The second kappa shape index (κ2) is 6.26. The minimum Gasteiger partial charge on any atom is -0.504 e. The van der Waals surface area contributed by atoms with Gasteiger partial charge in [-0.05, 0) is 47.4 Å². The molecule has 110 valence electrons. The van der Waals surface area contributed by atoms with Crippen molar-refractivity contribution in [1.82, 2.24) is 5.32 Å². The van der Waals surface area contributed by atoms with E-state index in [1.165, 1.54) is 31.2 Å². The van der Waals surface area contributed by atoms with E-state index in [1.807, 2.05) is 0 Å². The maximum absolute atomic E-state index is 13.4. The van der Waals surface area contributed by atoms with Crippen molar-refractivity contribution < 1.29 is 19.4 Å². The highest BCUT2D eigenvalue weighted by Crippen LogP contribution is 2.34. The molecule has 0 saturated heterocycles. The van der Waals surface area contributed by atoms with Crippen LogP contribution < -0.4 is 5.32 Å². The highest BCUT2D eigenvalue weighted by molar-refractivity contribution is 5.73. The van der Waals surface area contributed by atoms with E-state index in [9.17, 15) is 19.4 Å². The third-order valence-corrected chi connectivity index (χ3v) is 3.10. The van der Waals surface area contributed by atoms with Crippen LogP contribution in [0, 0.1) is 5.82 Å². The lowest BCUT2D eigenvalue weighted by Crippen LogP contribution is -2.22. The van der Waals surface area contributed by atoms with E-state index in [-0.39, 0.29) is 23.2 Å². The van der Waals surface area contributed by atoms with Gasteiger partial charge in [-0.2, -0.15) is 0 Å². The number of halogens is 1. The van der Waals surface area contributed by atoms with Crippen LogP contribution in [0.1, 0.15) is 12.5 Å². The van der Waals surface area contributed by atoms with Crippen LogP contribution in [0.25, 0.3) is 11.1 Å². The Kier molecular flexibility index (Phi) is 4.42. The molecule has 0 atom stereocenters. The molecule has 2 rings (SSSR count). The van der Waals surface area contributed by atoms with Gasteiger partial charge in [-0.1, -0.05) is 12.1 Å². The number of aromatic hydroxyl groups is 2. The molecule has 0 aliphatic heterocycles. The number of hydrogen-bond donors (Lipinski definition) is 3. The molecule has 0 radical (unpaired) electrons. The Bertz CT molecular complexity index is 671. The second-order valence-corrected chi connectivity index (χ2v) is 4.74. The molecule has 0 aliphatic carbocycles. The van der Waals surface area contributed by atoms with Crippen molar-refractivity contribution >= 4 is 5.91 Å². The molecule has 0 aliphatic rings. The average molecular weight is 289 g/mol. The topological polar surface area (TPSA) is 69.6 Å². The van der Waals surface area contributed by atoms with E-state index in [1.54, 1.807) is 12.1 Å². The summed E-state index contributed by atoms with van der Waals surface area (Å²) in [6.07, 6.45) is 0.458. The van der Waals surface area contributed by atoms with Crippen LogP contribution in [0.15, 0.2) is 36.4 Å². The van der Waals surface area contributed by atoms with Crippen molar-refractivity contribution in [3.63, 3.8) is 0 Å². The molecular weight excluding hydrogens is 273 g/mol. The predicted molar refractivity (Wildman–Crippen MR) is 77.6 cm³/mol. The maximum Gasteiger partial charge on any atom is 0.216 e. The van der Waals surface area contributed by atoms with Gasteiger partial charge >= 0.3 is 0 Å². The van der Waals surface area contributed by atoms with Crippen LogP contribution in [0.4, 0.5) is 4.39 Å². The number of carbonyl (C=O) groups excluding carboxylic acids is 1. The first kappa shape index (κ1) is 14.8. The van der Waals surface area contributed by atoms with Gasteiger partial charge in [-0.3, -0.25) is 4.79 Å². The third-order valence-electron chi connectivity index (χ3n) is 3.10. The first-order valence-electron chi connectivity index (χ1n) is 6.52. The van der Waals surface area contributed by atoms with Crippen molar-refractivity contribution in [2.45, 2.75) is 13.3 Å². The summed E-state index contributed by atoms with van der Waals surface area (Å²) in [5, 5.41) is 21.9. The lowest BCUT2D eigenvalue weighted by atomic mass is 9.96. The Morgan fingerprint density at radius 1 is 1.19 bits per heavy atom. The minimum atomic E-state index is -0.382. The molecule has 0 spiro atoms. The van der Waals surface area contributed by atoms with E-state index in [2.05, 4.69) is 5.32 Å². The van der Waals surface area contributed by atoms with Gasteiger partial charge in [-0.15, -0.1) is 0 Å². The van der Waals surface area contributed by atoms with Gasteiger partial charge in [0.15, 0.2) is 11.5 Å². The van der Waals surface area contributed by atoms with E-state index in [0.29, 0.717) is 29.7 Å². The van der Waals surface area contributed by atoms with Crippen molar-refractivity contribution in [1.29, 1.82) is 0 Å². The molecule has 5 heteroatoms. The number of rotatable bonds is 4. The van der Waals surface area contributed by atoms with E-state index in [0.717, 1.165) is 0 Å². The molecule has 0 heterocycles. The number of carbonyl (C=O) groups is 1. The Labute approximate surface area is 121 Å². The molecule has 21 heavy (non-hydrogen) atoms. The Morgan fingerprint density at radius 3 is 2.57 bits per heavy atom. The molecule has 3 N–H and O–H groups in total. The summed E-state index contributed by atoms with van der Waals surface area (Å²) in [6.45, 7) is 1.81. The van der Waals surface area contributed by atoms with Crippen molar-refractivity contribution in [3.05, 3.63) is 47.8 Å². The quantitative estimate of drug-likeness (QED) is 0.758. The van der Waals surface area contributed by atoms with Crippen LogP contribution >= 0.6 is 0 Å². The van der Waals surface area contributed by atoms with Crippen LogP contribution in [0.5, 0.6) is 11.5 Å². The van der Waals surface area contributed by atoms with E-state index >= 15 is 0 Å². The number of hydrogen-bond acceptors (Lipinski definition) is 3. The predicted octanol–water partition coefficient (Wildman–Crippen LogP) is 2.58. The number of benzene rings is 2. The molecule has 4 nitrogen and oxygen atoms in total. The standard InChI is InChI=1S/C16H16FNO3/c1-10(19)18-6-5-12-8-15(20)16(21)9-14(12)11-3-2-4-13(17)7-11/h2-4,7-9,20-21H,5-6H2,1H3,(H,18,19). The van der Waals surface area contributed by atoms with Crippen LogP contribution in [-0.2, 0) is 11.2 Å². The molecule has 2 aromatic rings. The number of phenols is 2. The van der Waals surface area contributed by atoms with Gasteiger partial charge in [0, 0.05) is 13.5 Å². The fourth-order valence-corrected chi connectivity index (χ4v) is 2.12. The average Bonchev–Trinajstić information content (AvgIpc) is 2.42. The third kappa shape index (κ3) is 3.72. The summed E-state index contributed by atoms with van der Waals surface area (Å²) in [5.74, 6) is -1.04. The number of amides is 1. The van der Waals surface area contributed by atoms with Crippen molar-refractivity contribution in [2.24, 2.45) is 0 Å². The second-order valence-electron chi connectivity index (χ2n) is 4.74. The van der Waals surface area contributed by atoms with E-state index in [4.69, 9.17) is 0 Å². The molecule has 0 aromatic heterocycles. The largest absolute Gasteiger partial charge is 0.504 e. The van der Waals surface area contributed by atoms with Gasteiger partial charge in [0.1, 0.15) is 5.82 Å². The Hall–Kier alpha value is -2.56. The van der Waals surface area contributed by atoms with Gasteiger partial charge in [0.25, 0.3) is 0 Å². The van der Waals surface area contributed by atoms with Gasteiger partial charge in [0.2, 0.25) is 5.91 Å². The minimum absolute atomic E-state index is 0.148. The SMILES string of the molecule is CC(=O)NCCc1cc(O)c(O)cc1-c1cccc(F)c1. The summed E-state index contributed by atoms with van der Waals surface area (Å²) in [5.41, 5.74) is 1.93. The number of nitrogens with one attached hydrogen (secondary N) is 1. The van der Waals surface area contributed by atoms with Crippen molar-refractivity contribution in [2.75, 3.05) is 6.54 Å². The highest BCUT2D eigenvalue weighted by Gasteiger charge is 2.11. The lowest BCUT2D eigenvalue weighted by Gasteiger charge is -2.12. The Balaban J connectivity index is 2.38. The molecular formula is C16H16FNO3. The normalized spacial score (nSPS) is 10.4. The van der Waals surface area contributed by atoms with Gasteiger partial charge in [0.05, 0.1) is 0 Å². The summed E-state index contributed by atoms with van der Waals surface area (Å²) >= 11 is 0. The number of phenolic OH excluding ortho intramolecular Hbond substituents is 2. The molecule has 0 fully saturated rings. The van der Waals surface area contributed by atoms with E-state index < -0.39 is 0 Å². The fourth-order valence-electron chi connectivity index (χ4n) is 2.12. The zero-order valence-electron chi connectivity index (χ0n) is 11.6.